The molecule has 2 atom stereocenters. The summed E-state index contributed by atoms with van der Waals surface area (Å²) in [5.41, 5.74) is 7.30. The summed E-state index contributed by atoms with van der Waals surface area (Å²) in [4.78, 5) is 9.37. The third-order valence-corrected chi connectivity index (χ3v) is 5.30. The van der Waals surface area contributed by atoms with E-state index in [2.05, 4.69) is 80.9 Å². The molecule has 0 aliphatic carbocycles. The van der Waals surface area contributed by atoms with E-state index >= 15 is 0 Å². The highest BCUT2D eigenvalue weighted by atomic mass is 16.4. The number of pyridine rings is 2. The Kier molecular flexibility index (Phi) is 7.95. The van der Waals surface area contributed by atoms with Gasteiger partial charge in [0.15, 0.2) is 0 Å². The van der Waals surface area contributed by atoms with E-state index in [1.165, 1.54) is 0 Å². The predicted molar refractivity (Wildman–Crippen MR) is 121 cm³/mol. The molecule has 0 fully saturated rings. The molecule has 2 rings (SSSR count). The molecule has 0 aromatic carbocycles. The van der Waals surface area contributed by atoms with Crippen LogP contribution in [-0.4, -0.2) is 20.9 Å². The standard InChI is InChI=1S/C25H37N3O/c1-15(2)9-23-13-21(11-17(5)26-23)19(7)25(28-29)20(8)22-12-18(6)27-24(14-22)10-16(3)4/h11-16,19-20,29H,9-10H2,1-8H3. The minimum Gasteiger partial charge on any atom is -0.411 e. The molecule has 158 valence electrons. The maximum Gasteiger partial charge on any atom is 0.0714 e. The van der Waals surface area contributed by atoms with Crippen molar-refractivity contribution in [3.05, 3.63) is 58.2 Å². The van der Waals surface area contributed by atoms with Crippen LogP contribution in [-0.2, 0) is 12.8 Å². The molecule has 2 heterocycles. The molecular weight excluding hydrogens is 358 g/mol. The summed E-state index contributed by atoms with van der Waals surface area (Å²) in [5.74, 6) is 1.11. The quantitative estimate of drug-likeness (QED) is 0.327. The van der Waals surface area contributed by atoms with Crippen molar-refractivity contribution in [3.63, 3.8) is 0 Å². The predicted octanol–water partition coefficient (Wildman–Crippen LogP) is 6.23. The van der Waals surface area contributed by atoms with Gasteiger partial charge >= 0.3 is 0 Å². The van der Waals surface area contributed by atoms with Crippen LogP contribution in [0.3, 0.4) is 0 Å². The molecule has 0 bridgehead atoms. The number of aryl methyl sites for hydroxylation is 2. The lowest BCUT2D eigenvalue weighted by Gasteiger charge is -2.22. The average Bonchev–Trinajstić information content (AvgIpc) is 2.59. The molecule has 1 N–H and O–H groups in total. The first kappa shape index (κ1) is 23.1. The van der Waals surface area contributed by atoms with Crippen LogP contribution in [0.15, 0.2) is 29.4 Å². The smallest absolute Gasteiger partial charge is 0.0714 e. The Morgan fingerprint density at radius 1 is 0.759 bits per heavy atom. The van der Waals surface area contributed by atoms with Gasteiger partial charge in [-0.25, -0.2) is 0 Å². The fourth-order valence-corrected chi connectivity index (χ4v) is 3.97. The topological polar surface area (TPSA) is 58.4 Å². The molecule has 2 aromatic rings. The van der Waals surface area contributed by atoms with Crippen LogP contribution >= 0.6 is 0 Å². The molecule has 0 saturated heterocycles. The van der Waals surface area contributed by atoms with E-state index < -0.39 is 0 Å². The van der Waals surface area contributed by atoms with Crippen molar-refractivity contribution in [1.29, 1.82) is 0 Å². The second-order valence-electron chi connectivity index (χ2n) is 9.23. The summed E-state index contributed by atoms with van der Waals surface area (Å²) >= 11 is 0. The highest BCUT2D eigenvalue weighted by Crippen LogP contribution is 2.29. The van der Waals surface area contributed by atoms with Crippen LogP contribution in [0.4, 0.5) is 0 Å². The first-order chi connectivity index (χ1) is 13.6. The molecule has 2 aromatic heterocycles. The van der Waals surface area contributed by atoms with E-state index in [0.29, 0.717) is 11.8 Å². The normalized spacial score (nSPS) is 13.6. The summed E-state index contributed by atoms with van der Waals surface area (Å²) in [5, 5.41) is 13.7. The Morgan fingerprint density at radius 3 is 1.45 bits per heavy atom. The van der Waals surface area contributed by atoms with Gasteiger partial charge in [-0.3, -0.25) is 9.97 Å². The van der Waals surface area contributed by atoms with Crippen molar-refractivity contribution in [2.45, 2.75) is 80.1 Å². The van der Waals surface area contributed by atoms with Crippen molar-refractivity contribution in [2.75, 3.05) is 0 Å². The van der Waals surface area contributed by atoms with Crippen LogP contribution in [0.2, 0.25) is 0 Å². The summed E-state index contributed by atoms with van der Waals surface area (Å²) in [7, 11) is 0. The van der Waals surface area contributed by atoms with Gasteiger partial charge in [-0.05, 0) is 73.9 Å². The molecule has 29 heavy (non-hydrogen) atoms. The zero-order valence-electron chi connectivity index (χ0n) is 19.3. The zero-order chi connectivity index (χ0) is 21.7. The van der Waals surface area contributed by atoms with Crippen LogP contribution in [0, 0.1) is 25.7 Å². The second-order valence-corrected chi connectivity index (χ2v) is 9.23. The van der Waals surface area contributed by atoms with Crippen LogP contribution < -0.4 is 0 Å². The number of hydrogen-bond donors (Lipinski definition) is 1. The number of nitrogens with zero attached hydrogens (tertiary/aromatic N) is 3. The minimum absolute atomic E-state index is 0.00429. The molecular formula is C25H37N3O. The molecule has 2 unspecified atom stereocenters. The summed E-state index contributed by atoms with van der Waals surface area (Å²) in [6, 6.07) is 8.54. The van der Waals surface area contributed by atoms with Crippen molar-refractivity contribution >= 4 is 5.71 Å². The molecule has 0 aliphatic rings. The maximum atomic E-state index is 9.91. The van der Waals surface area contributed by atoms with E-state index in [-0.39, 0.29) is 11.8 Å². The van der Waals surface area contributed by atoms with Gasteiger partial charge in [-0.1, -0.05) is 46.7 Å². The third-order valence-electron chi connectivity index (χ3n) is 5.30. The summed E-state index contributed by atoms with van der Waals surface area (Å²) in [6.07, 6.45) is 1.90. The Balaban J connectivity index is 2.36. The monoisotopic (exact) mass is 395 g/mol. The van der Waals surface area contributed by atoms with E-state index in [4.69, 9.17) is 0 Å². The Labute approximate surface area is 176 Å². The molecule has 4 heteroatoms. The van der Waals surface area contributed by atoms with Gasteiger partial charge in [0.25, 0.3) is 0 Å². The lowest BCUT2D eigenvalue weighted by Crippen LogP contribution is -2.18. The SMILES string of the molecule is Cc1cc(C(C)C(=NO)C(C)c2cc(C)nc(CC(C)C)c2)cc(CC(C)C)n1. The third kappa shape index (κ3) is 6.38. The summed E-state index contributed by atoms with van der Waals surface area (Å²) < 4.78 is 0. The highest BCUT2D eigenvalue weighted by Gasteiger charge is 2.23. The first-order valence-corrected chi connectivity index (χ1v) is 10.8. The van der Waals surface area contributed by atoms with E-state index in [1.807, 2.05) is 13.8 Å². The lowest BCUT2D eigenvalue weighted by molar-refractivity contribution is 0.314. The molecule has 0 amide bonds. The van der Waals surface area contributed by atoms with Gasteiger partial charge < -0.3 is 5.21 Å². The van der Waals surface area contributed by atoms with Gasteiger partial charge in [0.1, 0.15) is 0 Å². The van der Waals surface area contributed by atoms with Crippen molar-refractivity contribution in [1.82, 2.24) is 9.97 Å². The minimum atomic E-state index is 0.00429. The lowest BCUT2D eigenvalue weighted by atomic mass is 9.84. The Morgan fingerprint density at radius 2 is 1.14 bits per heavy atom. The van der Waals surface area contributed by atoms with Gasteiger partial charge in [0.2, 0.25) is 0 Å². The first-order valence-electron chi connectivity index (χ1n) is 10.8. The Hall–Kier alpha value is -2.23. The van der Waals surface area contributed by atoms with E-state index in [0.717, 1.165) is 52.5 Å². The van der Waals surface area contributed by atoms with Crippen LogP contribution in [0.25, 0.3) is 0 Å². The number of aromatic nitrogens is 2. The maximum absolute atomic E-state index is 9.91. The van der Waals surface area contributed by atoms with E-state index in [9.17, 15) is 5.21 Å². The Bertz CT molecular complexity index is 788. The molecule has 0 saturated carbocycles. The van der Waals surface area contributed by atoms with Crippen molar-refractivity contribution < 1.29 is 5.21 Å². The largest absolute Gasteiger partial charge is 0.411 e. The number of rotatable bonds is 8. The number of oxime groups is 1. The van der Waals surface area contributed by atoms with Crippen molar-refractivity contribution in [2.24, 2.45) is 17.0 Å². The second kappa shape index (κ2) is 10.00. The molecule has 0 radical (unpaired) electrons. The van der Waals surface area contributed by atoms with Gasteiger partial charge in [-0.2, -0.15) is 0 Å². The number of hydrogen-bond acceptors (Lipinski definition) is 4. The average molecular weight is 396 g/mol. The van der Waals surface area contributed by atoms with E-state index in [1.54, 1.807) is 0 Å². The fraction of sp³-hybridized carbons (Fsp3) is 0.560. The van der Waals surface area contributed by atoms with Crippen molar-refractivity contribution in [3.8, 4) is 0 Å². The summed E-state index contributed by atoms with van der Waals surface area (Å²) in [6.45, 7) is 17.1. The van der Waals surface area contributed by atoms with Gasteiger partial charge in [0, 0.05) is 34.6 Å². The van der Waals surface area contributed by atoms with Crippen LogP contribution in [0.5, 0.6) is 0 Å². The molecule has 0 spiro atoms. The van der Waals surface area contributed by atoms with Gasteiger partial charge in [-0.15, -0.1) is 0 Å². The zero-order valence-corrected chi connectivity index (χ0v) is 19.3. The van der Waals surface area contributed by atoms with Crippen LogP contribution in [0.1, 0.15) is 87.3 Å². The molecule has 0 aliphatic heterocycles. The fourth-order valence-electron chi connectivity index (χ4n) is 3.97. The van der Waals surface area contributed by atoms with Gasteiger partial charge in [0.05, 0.1) is 5.71 Å². The highest BCUT2D eigenvalue weighted by molar-refractivity contribution is 5.95. The molecule has 4 nitrogen and oxygen atoms in total.